The van der Waals surface area contributed by atoms with Crippen molar-refractivity contribution in [2.45, 2.75) is 85.5 Å². The molecule has 230 valence electrons. The van der Waals surface area contributed by atoms with Crippen LogP contribution in [-0.2, 0) is 6.42 Å². The van der Waals surface area contributed by atoms with Gasteiger partial charge in [-0.1, -0.05) is 90.5 Å². The lowest BCUT2D eigenvalue weighted by atomic mass is 10.0. The Labute approximate surface area is 283 Å². The van der Waals surface area contributed by atoms with Crippen LogP contribution in [0.4, 0.5) is 0 Å². The molecule has 2 aromatic carbocycles. The second-order valence-corrected chi connectivity index (χ2v) is 16.7. The van der Waals surface area contributed by atoms with Crippen molar-refractivity contribution in [3.8, 4) is 43.5 Å². The quantitative estimate of drug-likeness (QED) is 0.100. The molecule has 0 radical (unpaired) electrons. The SMILES string of the molecule is CCCCC(CC)COc1cc(Br)sc1-c1ccc2c(c1)Cc1cc(-c3sc(Br)cc3OCC(CC)CCCC)ccc1-2. The van der Waals surface area contributed by atoms with Gasteiger partial charge in [0.1, 0.15) is 11.5 Å². The van der Waals surface area contributed by atoms with Gasteiger partial charge in [0.2, 0.25) is 0 Å². The summed E-state index contributed by atoms with van der Waals surface area (Å²) in [5, 5.41) is 0. The van der Waals surface area contributed by atoms with E-state index in [-0.39, 0.29) is 0 Å². The molecule has 43 heavy (non-hydrogen) atoms. The highest BCUT2D eigenvalue weighted by Crippen LogP contribution is 2.47. The molecule has 2 heterocycles. The van der Waals surface area contributed by atoms with E-state index < -0.39 is 0 Å². The Morgan fingerprint density at radius 3 is 1.49 bits per heavy atom. The lowest BCUT2D eigenvalue weighted by Crippen LogP contribution is -2.11. The maximum absolute atomic E-state index is 6.45. The maximum atomic E-state index is 6.45. The average molecular weight is 745 g/mol. The molecule has 5 rings (SSSR count). The Morgan fingerprint density at radius 2 is 1.09 bits per heavy atom. The van der Waals surface area contributed by atoms with E-state index in [1.807, 2.05) is 0 Å². The summed E-state index contributed by atoms with van der Waals surface area (Å²) in [5.74, 6) is 3.22. The summed E-state index contributed by atoms with van der Waals surface area (Å²) in [6, 6.07) is 18.2. The predicted molar refractivity (Wildman–Crippen MR) is 194 cm³/mol. The largest absolute Gasteiger partial charge is 0.492 e. The molecule has 2 atom stereocenters. The summed E-state index contributed by atoms with van der Waals surface area (Å²) in [5.41, 5.74) is 7.95. The van der Waals surface area contributed by atoms with Crippen LogP contribution in [0.3, 0.4) is 0 Å². The van der Waals surface area contributed by atoms with Crippen molar-refractivity contribution in [2.24, 2.45) is 11.8 Å². The van der Waals surface area contributed by atoms with E-state index in [1.165, 1.54) is 81.7 Å². The summed E-state index contributed by atoms with van der Waals surface area (Å²) in [6.45, 7) is 10.7. The highest BCUT2D eigenvalue weighted by molar-refractivity contribution is 9.11. The van der Waals surface area contributed by atoms with Gasteiger partial charge in [0.25, 0.3) is 0 Å². The van der Waals surface area contributed by atoms with Gasteiger partial charge >= 0.3 is 0 Å². The van der Waals surface area contributed by atoms with Crippen LogP contribution in [0.25, 0.3) is 32.0 Å². The van der Waals surface area contributed by atoms with Crippen LogP contribution >= 0.6 is 54.5 Å². The van der Waals surface area contributed by atoms with E-state index in [0.717, 1.165) is 51.5 Å². The Hall–Kier alpha value is -1.60. The fraction of sp³-hybridized carbons (Fsp3) is 0.459. The standard InChI is InChI=1S/C37H44Br2O2S2/c1-5-9-11-24(7-3)22-40-32-20-34(38)42-36(32)26-13-15-30-28(17-26)19-29-18-27(14-16-31(29)30)37-33(21-35(39)43-37)41-23-25(8-4)12-10-6-2/h13-18,20-21,24-25H,5-12,19,22-23H2,1-4H3. The molecule has 4 aromatic rings. The minimum absolute atomic E-state index is 0.610. The summed E-state index contributed by atoms with van der Waals surface area (Å²) in [6.07, 6.45) is 10.8. The number of ether oxygens (including phenoxy) is 2. The Bertz CT molecular complexity index is 1390. The summed E-state index contributed by atoms with van der Waals surface area (Å²) < 4.78 is 15.1. The van der Waals surface area contributed by atoms with E-state index in [1.54, 1.807) is 22.7 Å². The lowest BCUT2D eigenvalue weighted by molar-refractivity contribution is 0.234. The molecule has 0 bridgehead atoms. The second kappa shape index (κ2) is 15.6. The van der Waals surface area contributed by atoms with E-state index in [4.69, 9.17) is 9.47 Å². The van der Waals surface area contributed by atoms with Crippen molar-refractivity contribution in [1.29, 1.82) is 0 Å². The third kappa shape index (κ3) is 7.98. The van der Waals surface area contributed by atoms with Gasteiger partial charge in [0.15, 0.2) is 0 Å². The Morgan fingerprint density at radius 1 is 0.651 bits per heavy atom. The lowest BCUT2D eigenvalue weighted by Gasteiger charge is -2.16. The zero-order valence-corrected chi connectivity index (χ0v) is 30.7. The van der Waals surface area contributed by atoms with Gasteiger partial charge < -0.3 is 9.47 Å². The molecule has 2 aromatic heterocycles. The molecule has 6 heteroatoms. The molecule has 2 nitrogen and oxygen atoms in total. The zero-order chi connectivity index (χ0) is 30.3. The number of thiophene rings is 2. The third-order valence-electron chi connectivity index (χ3n) is 8.78. The monoisotopic (exact) mass is 742 g/mol. The molecular formula is C37H44Br2O2S2. The first-order valence-corrected chi connectivity index (χ1v) is 19.3. The number of unbranched alkanes of at least 4 members (excludes halogenated alkanes) is 2. The van der Waals surface area contributed by atoms with Crippen molar-refractivity contribution in [3.63, 3.8) is 0 Å². The van der Waals surface area contributed by atoms with Crippen LogP contribution in [0, 0.1) is 11.8 Å². The highest BCUT2D eigenvalue weighted by atomic mass is 79.9. The second-order valence-electron chi connectivity index (χ2n) is 11.9. The minimum atomic E-state index is 0.610. The molecule has 2 unspecified atom stereocenters. The summed E-state index contributed by atoms with van der Waals surface area (Å²) in [7, 11) is 0. The van der Waals surface area contributed by atoms with Crippen molar-refractivity contribution in [3.05, 3.63) is 67.2 Å². The van der Waals surface area contributed by atoms with Gasteiger partial charge in [-0.2, -0.15) is 0 Å². The van der Waals surface area contributed by atoms with Crippen LogP contribution in [-0.4, -0.2) is 13.2 Å². The Balaban J connectivity index is 1.33. The normalized spacial score (nSPS) is 13.5. The van der Waals surface area contributed by atoms with Crippen LogP contribution in [0.5, 0.6) is 11.5 Å². The van der Waals surface area contributed by atoms with Crippen molar-refractivity contribution in [1.82, 2.24) is 0 Å². The third-order valence-corrected chi connectivity index (χ3v) is 12.1. The number of fused-ring (bicyclic) bond motifs is 3. The van der Waals surface area contributed by atoms with Gasteiger partial charge in [0, 0.05) is 12.1 Å². The molecule has 1 aliphatic carbocycles. The van der Waals surface area contributed by atoms with Crippen LogP contribution in [0.15, 0.2) is 56.1 Å². The van der Waals surface area contributed by atoms with Crippen LogP contribution in [0.2, 0.25) is 0 Å². The molecule has 0 saturated carbocycles. The fourth-order valence-corrected chi connectivity index (χ4v) is 9.05. The Kier molecular flexibility index (Phi) is 11.9. The van der Waals surface area contributed by atoms with E-state index in [2.05, 4.69) is 108 Å². The summed E-state index contributed by atoms with van der Waals surface area (Å²) >= 11 is 11.0. The first-order chi connectivity index (χ1) is 20.9. The van der Waals surface area contributed by atoms with Gasteiger partial charge in [0.05, 0.1) is 30.5 Å². The van der Waals surface area contributed by atoms with E-state index in [0.29, 0.717) is 11.8 Å². The minimum Gasteiger partial charge on any atom is -0.492 e. The maximum Gasteiger partial charge on any atom is 0.139 e. The van der Waals surface area contributed by atoms with Crippen molar-refractivity contribution < 1.29 is 9.47 Å². The molecule has 1 aliphatic rings. The van der Waals surface area contributed by atoms with Crippen molar-refractivity contribution in [2.75, 3.05) is 13.2 Å². The topological polar surface area (TPSA) is 18.5 Å². The number of hydrogen-bond donors (Lipinski definition) is 0. The molecule has 0 saturated heterocycles. The molecular weight excluding hydrogens is 700 g/mol. The highest BCUT2D eigenvalue weighted by Gasteiger charge is 2.23. The van der Waals surface area contributed by atoms with Gasteiger partial charge in [-0.05, 0) is 108 Å². The van der Waals surface area contributed by atoms with Gasteiger partial charge in [-0.3, -0.25) is 0 Å². The number of benzene rings is 2. The van der Waals surface area contributed by atoms with Crippen LogP contribution < -0.4 is 9.47 Å². The van der Waals surface area contributed by atoms with E-state index >= 15 is 0 Å². The molecule has 0 fully saturated rings. The fourth-order valence-electron chi connectivity index (χ4n) is 6.01. The average Bonchev–Trinajstić information content (AvgIpc) is 3.70. The molecule has 0 aliphatic heterocycles. The van der Waals surface area contributed by atoms with Crippen LogP contribution in [0.1, 0.15) is 90.2 Å². The molecule has 0 spiro atoms. The molecule has 0 N–H and O–H groups in total. The van der Waals surface area contributed by atoms with Crippen molar-refractivity contribution >= 4 is 54.5 Å². The number of hydrogen-bond acceptors (Lipinski definition) is 4. The smallest absolute Gasteiger partial charge is 0.139 e. The number of halogens is 2. The molecule has 0 amide bonds. The van der Waals surface area contributed by atoms with Gasteiger partial charge in [-0.15, -0.1) is 22.7 Å². The zero-order valence-electron chi connectivity index (χ0n) is 25.9. The summed E-state index contributed by atoms with van der Waals surface area (Å²) in [4.78, 5) is 2.43. The first-order valence-electron chi connectivity index (χ1n) is 16.0. The predicted octanol–water partition coefficient (Wildman–Crippen LogP) is 13.4. The first kappa shape index (κ1) is 32.8. The van der Waals surface area contributed by atoms with Gasteiger partial charge in [-0.25, -0.2) is 0 Å². The van der Waals surface area contributed by atoms with E-state index in [9.17, 15) is 0 Å². The number of rotatable bonds is 16.